The molecule has 0 saturated carbocycles. The molecule has 0 spiro atoms. The molecule has 0 amide bonds. The Morgan fingerprint density at radius 2 is 2.14 bits per heavy atom. The molecular weight excluding hydrogens is 479 g/mol. The maximum absolute atomic E-state index is 5.43. The number of hydrogen-bond acceptors (Lipinski definition) is 4. The largest absolute Gasteiger partial charge is 0.469 e. The number of ether oxygens (including phenoxy) is 1. The van der Waals surface area contributed by atoms with E-state index in [0.717, 1.165) is 69.8 Å². The quantitative estimate of drug-likeness (QED) is 0.258. The molecule has 0 atom stereocenters. The topological polar surface area (TPSA) is 53.2 Å². The van der Waals surface area contributed by atoms with Crippen LogP contribution in [0.1, 0.15) is 44.8 Å². The number of rotatable bonds is 12. The SMILES string of the molecule is CCCN=C(NCCc1ccco1)N1CCC(CCCN(C)CCOC)CC1.I. The fourth-order valence-corrected chi connectivity index (χ4v) is 3.68. The number of likely N-dealkylation sites (N-methyl/N-ethyl adjacent to an activating group) is 1. The molecule has 0 bridgehead atoms. The van der Waals surface area contributed by atoms with Gasteiger partial charge in [0.05, 0.1) is 12.9 Å². The smallest absolute Gasteiger partial charge is 0.193 e. The zero-order valence-electron chi connectivity index (χ0n) is 18.6. The lowest BCUT2D eigenvalue weighted by atomic mass is 9.92. The summed E-state index contributed by atoms with van der Waals surface area (Å²) < 4.78 is 10.6. The van der Waals surface area contributed by atoms with Crippen LogP contribution in [0, 0.1) is 5.92 Å². The molecule has 1 saturated heterocycles. The highest BCUT2D eigenvalue weighted by Gasteiger charge is 2.21. The minimum absolute atomic E-state index is 0. The lowest BCUT2D eigenvalue weighted by Gasteiger charge is -2.34. The van der Waals surface area contributed by atoms with Crippen molar-refractivity contribution in [2.24, 2.45) is 10.9 Å². The van der Waals surface area contributed by atoms with E-state index in [1.54, 1.807) is 13.4 Å². The van der Waals surface area contributed by atoms with E-state index in [2.05, 4.69) is 29.1 Å². The molecule has 29 heavy (non-hydrogen) atoms. The van der Waals surface area contributed by atoms with E-state index in [4.69, 9.17) is 14.1 Å². The molecule has 168 valence electrons. The van der Waals surface area contributed by atoms with Gasteiger partial charge in [-0.2, -0.15) is 0 Å². The first-order chi connectivity index (χ1) is 13.7. The number of methoxy groups -OCH3 is 1. The zero-order chi connectivity index (χ0) is 20.0. The number of likely N-dealkylation sites (tertiary alicyclic amines) is 1. The van der Waals surface area contributed by atoms with Crippen LogP contribution >= 0.6 is 24.0 Å². The minimum Gasteiger partial charge on any atom is -0.469 e. The summed E-state index contributed by atoms with van der Waals surface area (Å²) >= 11 is 0. The first kappa shape index (κ1) is 26.2. The van der Waals surface area contributed by atoms with E-state index in [0.29, 0.717) is 0 Å². The summed E-state index contributed by atoms with van der Waals surface area (Å²) in [7, 11) is 3.96. The lowest BCUT2D eigenvalue weighted by molar-refractivity contribution is 0.158. The van der Waals surface area contributed by atoms with Crippen LogP contribution in [0.15, 0.2) is 27.8 Å². The van der Waals surface area contributed by atoms with Crippen molar-refractivity contribution in [1.82, 2.24) is 15.1 Å². The van der Waals surface area contributed by atoms with Gasteiger partial charge in [-0.25, -0.2) is 0 Å². The Balaban J connectivity index is 0.00000420. The summed E-state index contributed by atoms with van der Waals surface area (Å²) in [5, 5.41) is 3.55. The normalized spacial score (nSPS) is 15.6. The van der Waals surface area contributed by atoms with Gasteiger partial charge in [0.1, 0.15) is 5.76 Å². The third-order valence-electron chi connectivity index (χ3n) is 5.46. The number of guanidine groups is 1. The third-order valence-corrected chi connectivity index (χ3v) is 5.46. The number of hydrogen-bond donors (Lipinski definition) is 1. The monoisotopic (exact) mass is 520 g/mol. The van der Waals surface area contributed by atoms with E-state index >= 15 is 0 Å². The number of halogens is 1. The van der Waals surface area contributed by atoms with Gasteiger partial charge in [-0.3, -0.25) is 4.99 Å². The first-order valence-corrected chi connectivity index (χ1v) is 11.0. The molecule has 2 heterocycles. The van der Waals surface area contributed by atoms with E-state index in [1.165, 1.54) is 32.2 Å². The maximum atomic E-state index is 5.43. The number of piperidine rings is 1. The molecule has 2 rings (SSSR count). The summed E-state index contributed by atoms with van der Waals surface area (Å²) in [6.07, 6.45) is 8.87. The van der Waals surface area contributed by atoms with Crippen LogP contribution in [0.4, 0.5) is 0 Å². The van der Waals surface area contributed by atoms with Gasteiger partial charge < -0.3 is 24.3 Å². The van der Waals surface area contributed by atoms with Gasteiger partial charge in [0.2, 0.25) is 0 Å². The van der Waals surface area contributed by atoms with E-state index in [-0.39, 0.29) is 24.0 Å². The maximum Gasteiger partial charge on any atom is 0.193 e. The van der Waals surface area contributed by atoms with Crippen molar-refractivity contribution in [3.8, 4) is 0 Å². The summed E-state index contributed by atoms with van der Waals surface area (Å²) in [4.78, 5) is 9.62. The zero-order valence-corrected chi connectivity index (χ0v) is 20.9. The molecule has 0 unspecified atom stereocenters. The van der Waals surface area contributed by atoms with Gasteiger partial charge in [-0.05, 0) is 63.7 Å². The highest BCUT2D eigenvalue weighted by molar-refractivity contribution is 14.0. The minimum atomic E-state index is 0. The predicted molar refractivity (Wildman–Crippen MR) is 131 cm³/mol. The van der Waals surface area contributed by atoms with Crippen molar-refractivity contribution >= 4 is 29.9 Å². The molecule has 6 nitrogen and oxygen atoms in total. The fraction of sp³-hybridized carbons (Fsp3) is 0.773. The van der Waals surface area contributed by atoms with E-state index < -0.39 is 0 Å². The fourth-order valence-electron chi connectivity index (χ4n) is 3.68. The molecule has 7 heteroatoms. The molecule has 0 aromatic carbocycles. The second-order valence-corrected chi connectivity index (χ2v) is 7.83. The van der Waals surface area contributed by atoms with Gasteiger partial charge in [-0.1, -0.05) is 6.92 Å². The van der Waals surface area contributed by atoms with Crippen LogP contribution in [-0.2, 0) is 11.2 Å². The Morgan fingerprint density at radius 3 is 2.79 bits per heavy atom. The summed E-state index contributed by atoms with van der Waals surface area (Å²) in [6, 6.07) is 3.98. The highest BCUT2D eigenvalue weighted by Crippen LogP contribution is 2.22. The van der Waals surface area contributed by atoms with Gasteiger partial charge in [0, 0.05) is 46.3 Å². The number of aliphatic imine (C=N–C) groups is 1. The Morgan fingerprint density at radius 1 is 1.34 bits per heavy atom. The lowest BCUT2D eigenvalue weighted by Crippen LogP contribution is -2.46. The van der Waals surface area contributed by atoms with Crippen LogP contribution in [0.2, 0.25) is 0 Å². The van der Waals surface area contributed by atoms with E-state index in [9.17, 15) is 0 Å². The molecule has 1 aromatic rings. The average Bonchev–Trinajstić information content (AvgIpc) is 3.23. The van der Waals surface area contributed by atoms with E-state index in [1.807, 2.05) is 12.1 Å². The number of nitrogens with one attached hydrogen (secondary N) is 1. The van der Waals surface area contributed by atoms with Crippen LogP contribution in [0.3, 0.4) is 0 Å². The average molecular weight is 521 g/mol. The second kappa shape index (κ2) is 16.0. The van der Waals surface area contributed by atoms with Crippen molar-refractivity contribution < 1.29 is 9.15 Å². The van der Waals surface area contributed by atoms with Crippen molar-refractivity contribution in [1.29, 1.82) is 0 Å². The number of nitrogens with zero attached hydrogens (tertiary/aromatic N) is 3. The summed E-state index contributed by atoms with van der Waals surface area (Å²) in [5.74, 6) is 2.95. The third kappa shape index (κ3) is 10.7. The summed E-state index contributed by atoms with van der Waals surface area (Å²) in [6.45, 7) is 9.17. The predicted octanol–water partition coefficient (Wildman–Crippen LogP) is 3.87. The van der Waals surface area contributed by atoms with Crippen molar-refractivity contribution in [3.63, 3.8) is 0 Å². The van der Waals surface area contributed by atoms with Crippen molar-refractivity contribution in [2.75, 3.05) is 60.0 Å². The van der Waals surface area contributed by atoms with Crippen molar-refractivity contribution in [2.45, 2.75) is 45.4 Å². The molecule has 0 aliphatic carbocycles. The van der Waals surface area contributed by atoms with Crippen LogP contribution in [0.25, 0.3) is 0 Å². The van der Waals surface area contributed by atoms with Gasteiger partial charge in [0.25, 0.3) is 0 Å². The second-order valence-electron chi connectivity index (χ2n) is 7.83. The molecule has 0 radical (unpaired) electrons. The van der Waals surface area contributed by atoms with Gasteiger partial charge in [0.15, 0.2) is 5.96 Å². The highest BCUT2D eigenvalue weighted by atomic mass is 127. The van der Waals surface area contributed by atoms with Crippen LogP contribution < -0.4 is 5.32 Å². The molecular formula is C22H41IN4O2. The Labute approximate surface area is 194 Å². The summed E-state index contributed by atoms with van der Waals surface area (Å²) in [5.41, 5.74) is 0. The van der Waals surface area contributed by atoms with Gasteiger partial charge in [-0.15, -0.1) is 24.0 Å². The standard InChI is InChI=1S/C22H40N4O2.HI/c1-4-12-23-22(24-13-9-21-8-6-18-28-21)26-15-10-20(11-16-26)7-5-14-25(2)17-19-27-3;/h6,8,18,20H,4-5,7,9-17,19H2,1-3H3,(H,23,24);1H. The number of furan rings is 1. The first-order valence-electron chi connectivity index (χ1n) is 11.0. The molecule has 1 aliphatic heterocycles. The van der Waals surface area contributed by atoms with Crippen molar-refractivity contribution in [3.05, 3.63) is 24.2 Å². The molecule has 1 aromatic heterocycles. The molecule has 1 N–H and O–H groups in total. The Kier molecular flexibility index (Phi) is 14.4. The Hall–Kier alpha value is -0.800. The van der Waals surface area contributed by atoms with Crippen LogP contribution in [-0.4, -0.2) is 75.8 Å². The van der Waals surface area contributed by atoms with Gasteiger partial charge >= 0.3 is 0 Å². The molecule has 1 aliphatic rings. The molecule has 1 fully saturated rings. The Bertz CT molecular complexity index is 531. The van der Waals surface area contributed by atoms with Crippen LogP contribution in [0.5, 0.6) is 0 Å².